The third-order valence-corrected chi connectivity index (χ3v) is 3.93. The Morgan fingerprint density at radius 1 is 1.10 bits per heavy atom. The van der Waals surface area contributed by atoms with E-state index in [0.717, 1.165) is 55.6 Å². The molecule has 1 aromatic heterocycles. The first kappa shape index (κ1) is 15.0. The zero-order valence-corrected chi connectivity index (χ0v) is 13.2. The molecule has 0 saturated carbocycles. The van der Waals surface area contributed by atoms with E-state index in [-0.39, 0.29) is 0 Å². The molecule has 1 N–H and O–H groups in total. The van der Waals surface area contributed by atoms with Crippen LogP contribution in [0.3, 0.4) is 0 Å². The maximum Gasteiger partial charge on any atom is 0.137 e. The number of aryl methyl sites for hydroxylation is 1. The molecule has 1 aromatic rings. The summed E-state index contributed by atoms with van der Waals surface area (Å²) in [5.41, 5.74) is 1.16. The number of nitrogens with zero attached hydrogens (tertiary/aromatic N) is 4. The van der Waals surface area contributed by atoms with Crippen LogP contribution in [0.1, 0.15) is 31.7 Å². The van der Waals surface area contributed by atoms with Crippen molar-refractivity contribution in [3.63, 3.8) is 0 Å². The second kappa shape index (κ2) is 6.88. The summed E-state index contributed by atoms with van der Waals surface area (Å²) in [4.78, 5) is 14.2. The lowest BCUT2D eigenvalue weighted by Crippen LogP contribution is -2.47. The van der Waals surface area contributed by atoms with Crippen LogP contribution >= 0.6 is 0 Å². The number of hydrogen-bond acceptors (Lipinski definition) is 5. The number of piperazine rings is 1. The molecule has 1 saturated heterocycles. The first-order valence-corrected chi connectivity index (χ1v) is 7.72. The van der Waals surface area contributed by atoms with Crippen molar-refractivity contribution in [1.29, 1.82) is 0 Å². The van der Waals surface area contributed by atoms with Gasteiger partial charge < -0.3 is 10.2 Å². The molecule has 0 amide bonds. The first-order chi connectivity index (χ1) is 9.69. The lowest BCUT2D eigenvalue weighted by atomic mass is 10.2. The summed E-state index contributed by atoms with van der Waals surface area (Å²) in [5, 5.41) is 3.19. The molecule has 1 aliphatic heterocycles. The predicted molar refractivity (Wildman–Crippen MR) is 84.6 cm³/mol. The van der Waals surface area contributed by atoms with Gasteiger partial charge in [0.25, 0.3) is 0 Å². The summed E-state index contributed by atoms with van der Waals surface area (Å²) in [6.07, 6.45) is 2.11. The fourth-order valence-corrected chi connectivity index (χ4v) is 2.76. The van der Waals surface area contributed by atoms with Gasteiger partial charge in [0, 0.05) is 45.2 Å². The van der Waals surface area contributed by atoms with Crippen molar-refractivity contribution >= 4 is 11.6 Å². The first-order valence-electron chi connectivity index (χ1n) is 7.72. The Kier molecular flexibility index (Phi) is 5.17. The summed E-state index contributed by atoms with van der Waals surface area (Å²) in [6.45, 7) is 12.0. The van der Waals surface area contributed by atoms with Crippen LogP contribution in [0.4, 0.5) is 11.6 Å². The Bertz CT molecular complexity index is 438. The van der Waals surface area contributed by atoms with Gasteiger partial charge in [-0.1, -0.05) is 13.8 Å². The van der Waals surface area contributed by atoms with Gasteiger partial charge in [-0.25, -0.2) is 9.97 Å². The molecule has 5 heteroatoms. The van der Waals surface area contributed by atoms with Crippen molar-refractivity contribution in [1.82, 2.24) is 14.9 Å². The number of aromatic nitrogens is 2. The Balaban J connectivity index is 2.16. The molecule has 0 unspecified atom stereocenters. The van der Waals surface area contributed by atoms with Gasteiger partial charge in [-0.3, -0.25) is 4.90 Å². The molecule has 0 radical (unpaired) electrons. The molecule has 0 bridgehead atoms. The summed E-state index contributed by atoms with van der Waals surface area (Å²) < 4.78 is 0. The summed E-state index contributed by atoms with van der Waals surface area (Å²) >= 11 is 0. The van der Waals surface area contributed by atoms with Crippen molar-refractivity contribution in [2.45, 2.75) is 33.6 Å². The Hall–Kier alpha value is -1.36. The van der Waals surface area contributed by atoms with Gasteiger partial charge in [0.15, 0.2) is 0 Å². The lowest BCUT2D eigenvalue weighted by Gasteiger charge is -2.36. The highest BCUT2D eigenvalue weighted by Gasteiger charge is 2.20. The van der Waals surface area contributed by atoms with Gasteiger partial charge in [-0.05, 0) is 19.9 Å². The van der Waals surface area contributed by atoms with Crippen LogP contribution < -0.4 is 10.2 Å². The Morgan fingerprint density at radius 3 is 2.35 bits per heavy atom. The highest BCUT2D eigenvalue weighted by molar-refractivity contribution is 5.58. The smallest absolute Gasteiger partial charge is 0.137 e. The van der Waals surface area contributed by atoms with E-state index in [1.165, 1.54) is 13.0 Å². The fourth-order valence-electron chi connectivity index (χ4n) is 2.76. The average Bonchev–Trinajstić information content (AvgIpc) is 2.49. The number of rotatable bonds is 5. The van der Waals surface area contributed by atoms with Gasteiger partial charge in [0.2, 0.25) is 0 Å². The van der Waals surface area contributed by atoms with Crippen LogP contribution in [0.15, 0.2) is 0 Å². The van der Waals surface area contributed by atoms with Crippen molar-refractivity contribution in [2.24, 2.45) is 0 Å². The van der Waals surface area contributed by atoms with E-state index in [1.54, 1.807) is 0 Å². The van der Waals surface area contributed by atoms with Crippen molar-refractivity contribution in [2.75, 3.05) is 50.0 Å². The predicted octanol–water partition coefficient (Wildman–Crippen LogP) is 1.92. The van der Waals surface area contributed by atoms with Gasteiger partial charge >= 0.3 is 0 Å². The highest BCUT2D eigenvalue weighted by Crippen LogP contribution is 2.24. The van der Waals surface area contributed by atoms with E-state index >= 15 is 0 Å². The molecule has 0 spiro atoms. The number of hydrogen-bond donors (Lipinski definition) is 1. The average molecular weight is 277 g/mol. The SMILES string of the molecule is CCCN1CCN(c2nc(CC)nc(NC)c2C)CC1. The topological polar surface area (TPSA) is 44.3 Å². The minimum atomic E-state index is 0.873. The molecule has 0 aromatic carbocycles. The van der Waals surface area contributed by atoms with Gasteiger partial charge in [0.05, 0.1) is 0 Å². The third-order valence-electron chi connectivity index (χ3n) is 3.93. The maximum absolute atomic E-state index is 4.75. The zero-order valence-electron chi connectivity index (χ0n) is 13.2. The summed E-state index contributed by atoms with van der Waals surface area (Å²) in [7, 11) is 1.93. The van der Waals surface area contributed by atoms with E-state index in [2.05, 4.69) is 40.9 Å². The fraction of sp³-hybridized carbons (Fsp3) is 0.733. The van der Waals surface area contributed by atoms with E-state index < -0.39 is 0 Å². The quantitative estimate of drug-likeness (QED) is 0.891. The standard InChI is InChI=1S/C15H27N5/c1-5-7-19-8-10-20(11-9-19)15-12(3)14(16-4)17-13(6-2)18-15/h5-11H2,1-4H3,(H,16,17,18). The molecular weight excluding hydrogens is 250 g/mol. The van der Waals surface area contributed by atoms with E-state index in [0.29, 0.717) is 0 Å². The lowest BCUT2D eigenvalue weighted by molar-refractivity contribution is 0.258. The molecular formula is C15H27N5. The van der Waals surface area contributed by atoms with Crippen molar-refractivity contribution in [3.05, 3.63) is 11.4 Å². The van der Waals surface area contributed by atoms with Crippen LogP contribution in [0.25, 0.3) is 0 Å². The third kappa shape index (κ3) is 3.20. The molecule has 0 atom stereocenters. The van der Waals surface area contributed by atoms with Gasteiger partial charge in [-0.15, -0.1) is 0 Å². The van der Waals surface area contributed by atoms with Crippen molar-refractivity contribution < 1.29 is 0 Å². The summed E-state index contributed by atoms with van der Waals surface area (Å²) in [6, 6.07) is 0. The molecule has 20 heavy (non-hydrogen) atoms. The number of anilines is 2. The van der Waals surface area contributed by atoms with Crippen LogP contribution in [0.5, 0.6) is 0 Å². The minimum absolute atomic E-state index is 0.873. The highest BCUT2D eigenvalue weighted by atomic mass is 15.3. The molecule has 1 aliphatic rings. The summed E-state index contributed by atoms with van der Waals surface area (Å²) in [5.74, 6) is 2.99. The molecule has 112 valence electrons. The Labute approximate surface area is 122 Å². The van der Waals surface area contributed by atoms with Crippen LogP contribution in [-0.4, -0.2) is 54.6 Å². The second-order valence-corrected chi connectivity index (χ2v) is 5.37. The normalized spacial score (nSPS) is 16.5. The van der Waals surface area contributed by atoms with E-state index in [4.69, 9.17) is 4.98 Å². The van der Waals surface area contributed by atoms with E-state index in [1.807, 2.05) is 7.05 Å². The molecule has 2 rings (SSSR count). The molecule has 1 fully saturated rings. The van der Waals surface area contributed by atoms with E-state index in [9.17, 15) is 0 Å². The molecule has 0 aliphatic carbocycles. The number of nitrogens with one attached hydrogen (secondary N) is 1. The second-order valence-electron chi connectivity index (χ2n) is 5.37. The van der Waals surface area contributed by atoms with Crippen molar-refractivity contribution in [3.8, 4) is 0 Å². The monoisotopic (exact) mass is 277 g/mol. The molecule has 2 heterocycles. The Morgan fingerprint density at radius 2 is 1.80 bits per heavy atom. The van der Waals surface area contributed by atoms with Gasteiger partial charge in [-0.2, -0.15) is 0 Å². The van der Waals surface area contributed by atoms with Crippen LogP contribution in [0.2, 0.25) is 0 Å². The van der Waals surface area contributed by atoms with Gasteiger partial charge in [0.1, 0.15) is 17.5 Å². The minimum Gasteiger partial charge on any atom is -0.373 e. The zero-order chi connectivity index (χ0) is 14.5. The molecule has 5 nitrogen and oxygen atoms in total. The van der Waals surface area contributed by atoms with Crippen LogP contribution in [-0.2, 0) is 6.42 Å². The maximum atomic E-state index is 4.75. The largest absolute Gasteiger partial charge is 0.373 e. The van der Waals surface area contributed by atoms with Crippen LogP contribution in [0, 0.1) is 6.92 Å².